The van der Waals surface area contributed by atoms with E-state index in [1.807, 2.05) is 34.6 Å². The maximum Gasteiger partial charge on any atom is 0.225 e. The third kappa shape index (κ3) is 8.60. The van der Waals surface area contributed by atoms with E-state index < -0.39 is 0 Å². The Balaban J connectivity index is 3.86. The van der Waals surface area contributed by atoms with Crippen LogP contribution in [0.25, 0.3) is 0 Å². The van der Waals surface area contributed by atoms with E-state index in [-0.39, 0.29) is 16.7 Å². The van der Waals surface area contributed by atoms with Gasteiger partial charge in [-0.3, -0.25) is 14.4 Å². The second kappa shape index (κ2) is 10.6. The summed E-state index contributed by atoms with van der Waals surface area (Å²) in [5, 5.41) is 2.68. The van der Waals surface area contributed by atoms with Crippen molar-refractivity contribution in [3.63, 3.8) is 0 Å². The number of hydrogen-bond acceptors (Lipinski definition) is 3. The van der Waals surface area contributed by atoms with Crippen molar-refractivity contribution >= 4 is 17.5 Å². The van der Waals surface area contributed by atoms with Crippen LogP contribution in [0.2, 0.25) is 0 Å². The number of carbonyl (C=O) groups excluding carboxylic acids is 3. The van der Waals surface area contributed by atoms with Crippen LogP contribution in [-0.4, -0.2) is 24.5 Å². The lowest BCUT2D eigenvalue weighted by molar-refractivity contribution is -0.129. The molecule has 0 atom stereocenters. The molecule has 0 aromatic heterocycles. The van der Waals surface area contributed by atoms with Crippen molar-refractivity contribution in [2.75, 3.05) is 7.05 Å². The van der Waals surface area contributed by atoms with Gasteiger partial charge in [-0.25, -0.2) is 0 Å². The fourth-order valence-corrected chi connectivity index (χ4v) is 2.97. The Morgan fingerprint density at radius 2 is 1.25 bits per heavy atom. The van der Waals surface area contributed by atoms with Gasteiger partial charge in [-0.1, -0.05) is 47.5 Å². The van der Waals surface area contributed by atoms with Gasteiger partial charge < -0.3 is 5.32 Å². The Labute approximate surface area is 148 Å². The summed E-state index contributed by atoms with van der Waals surface area (Å²) in [6.07, 6.45) is 6.97. The second-order valence-electron chi connectivity index (χ2n) is 8.08. The first kappa shape index (κ1) is 22.8. The highest BCUT2D eigenvalue weighted by Gasteiger charge is 2.26. The van der Waals surface area contributed by atoms with Gasteiger partial charge in [-0.15, -0.1) is 0 Å². The first-order valence-corrected chi connectivity index (χ1v) is 9.34. The van der Waals surface area contributed by atoms with E-state index in [2.05, 4.69) is 5.32 Å². The molecule has 1 N–H and O–H groups in total. The molecule has 0 aromatic carbocycles. The first-order chi connectivity index (χ1) is 11.1. The molecule has 0 aliphatic heterocycles. The van der Waals surface area contributed by atoms with Crippen LogP contribution in [0.3, 0.4) is 0 Å². The smallest absolute Gasteiger partial charge is 0.225 e. The van der Waals surface area contributed by atoms with Crippen molar-refractivity contribution in [2.24, 2.45) is 10.8 Å². The number of hydrogen-bond donors (Lipinski definition) is 1. The van der Waals surface area contributed by atoms with E-state index in [0.717, 1.165) is 38.5 Å². The molecule has 0 bridgehead atoms. The van der Waals surface area contributed by atoms with Crippen molar-refractivity contribution in [1.82, 2.24) is 5.32 Å². The van der Waals surface area contributed by atoms with E-state index in [4.69, 9.17) is 0 Å². The van der Waals surface area contributed by atoms with Crippen molar-refractivity contribution < 1.29 is 14.4 Å². The topological polar surface area (TPSA) is 63.2 Å². The normalized spacial score (nSPS) is 12.1. The minimum Gasteiger partial charge on any atom is -0.359 e. The van der Waals surface area contributed by atoms with Crippen molar-refractivity contribution in [3.8, 4) is 0 Å². The van der Waals surface area contributed by atoms with Crippen LogP contribution in [-0.2, 0) is 14.4 Å². The predicted molar refractivity (Wildman–Crippen MR) is 98.9 cm³/mol. The third-order valence-electron chi connectivity index (χ3n) is 4.93. The highest BCUT2D eigenvalue weighted by atomic mass is 16.2. The van der Waals surface area contributed by atoms with Gasteiger partial charge in [-0.05, 0) is 25.7 Å². The molecule has 0 aliphatic carbocycles. The zero-order chi connectivity index (χ0) is 18.8. The summed E-state index contributed by atoms with van der Waals surface area (Å²) in [7, 11) is 1.66. The van der Waals surface area contributed by atoms with Gasteiger partial charge in [0.25, 0.3) is 0 Å². The molecule has 0 unspecified atom stereocenters. The second-order valence-corrected chi connectivity index (χ2v) is 8.08. The van der Waals surface area contributed by atoms with Crippen LogP contribution in [0.5, 0.6) is 0 Å². The molecule has 0 aromatic rings. The van der Waals surface area contributed by atoms with Gasteiger partial charge in [0.05, 0.1) is 0 Å². The fourth-order valence-electron chi connectivity index (χ4n) is 2.97. The Morgan fingerprint density at radius 3 is 1.67 bits per heavy atom. The molecule has 0 radical (unpaired) electrons. The molecular formula is C20H37NO3. The van der Waals surface area contributed by atoms with E-state index in [9.17, 15) is 14.4 Å². The van der Waals surface area contributed by atoms with Gasteiger partial charge in [0.1, 0.15) is 11.6 Å². The summed E-state index contributed by atoms with van der Waals surface area (Å²) in [5.74, 6) is 0.651. The Morgan fingerprint density at radius 1 is 0.792 bits per heavy atom. The minimum atomic E-state index is -0.366. The number of Topliss-reactive ketones (excluding diaryl/α,β-unsaturated/α-hetero) is 2. The van der Waals surface area contributed by atoms with Crippen LogP contribution >= 0.6 is 0 Å². The lowest BCUT2D eigenvalue weighted by Gasteiger charge is -2.22. The minimum absolute atomic E-state index is 0.0538. The highest BCUT2D eigenvalue weighted by molar-refractivity contribution is 5.83. The largest absolute Gasteiger partial charge is 0.359 e. The van der Waals surface area contributed by atoms with Crippen LogP contribution in [0.1, 0.15) is 92.4 Å². The summed E-state index contributed by atoms with van der Waals surface area (Å²) in [5.41, 5.74) is -0.627. The fraction of sp³-hybridized carbons (Fsp3) is 0.850. The number of carbonyl (C=O) groups is 3. The standard InChI is InChI=1S/C20H37NO3/c1-7-17(23)19(2,3)14-10-8-12-16(22)13-9-11-15-20(4,5)18(24)21-6/h7-15H2,1-6H3,(H,21,24). The van der Waals surface area contributed by atoms with Crippen LogP contribution in [0.4, 0.5) is 0 Å². The molecule has 0 saturated heterocycles. The van der Waals surface area contributed by atoms with Crippen LogP contribution < -0.4 is 5.32 Å². The van der Waals surface area contributed by atoms with E-state index in [0.29, 0.717) is 30.8 Å². The number of ketones is 2. The molecule has 4 nitrogen and oxygen atoms in total. The molecule has 1 amide bonds. The summed E-state index contributed by atoms with van der Waals surface area (Å²) < 4.78 is 0. The zero-order valence-electron chi connectivity index (χ0n) is 16.6. The van der Waals surface area contributed by atoms with Gasteiger partial charge in [-0.2, -0.15) is 0 Å². The number of unbranched alkanes of at least 4 members (excludes halogenated alkanes) is 2. The first-order valence-electron chi connectivity index (χ1n) is 9.34. The number of amides is 1. The number of nitrogens with one attached hydrogen (secondary N) is 1. The van der Waals surface area contributed by atoms with Crippen molar-refractivity contribution in [3.05, 3.63) is 0 Å². The van der Waals surface area contributed by atoms with Crippen molar-refractivity contribution in [1.29, 1.82) is 0 Å². The predicted octanol–water partition coefficient (Wildman–Crippen LogP) is 4.45. The van der Waals surface area contributed by atoms with E-state index >= 15 is 0 Å². The van der Waals surface area contributed by atoms with Gasteiger partial charge in [0.2, 0.25) is 5.91 Å². The maximum atomic E-state index is 11.9. The molecule has 140 valence electrons. The molecule has 24 heavy (non-hydrogen) atoms. The third-order valence-corrected chi connectivity index (χ3v) is 4.93. The van der Waals surface area contributed by atoms with Crippen LogP contribution in [0.15, 0.2) is 0 Å². The zero-order valence-corrected chi connectivity index (χ0v) is 16.6. The van der Waals surface area contributed by atoms with Crippen molar-refractivity contribution in [2.45, 2.75) is 92.4 Å². The molecule has 0 heterocycles. The van der Waals surface area contributed by atoms with Gasteiger partial charge >= 0.3 is 0 Å². The molecule has 0 rings (SSSR count). The highest BCUT2D eigenvalue weighted by Crippen LogP contribution is 2.27. The van der Waals surface area contributed by atoms with Gasteiger partial charge in [0.15, 0.2) is 0 Å². The molecule has 0 aliphatic rings. The summed E-state index contributed by atoms with van der Waals surface area (Å²) in [6.45, 7) is 9.77. The monoisotopic (exact) mass is 339 g/mol. The molecule has 0 saturated carbocycles. The van der Waals surface area contributed by atoms with E-state index in [1.165, 1.54) is 0 Å². The molecule has 0 spiro atoms. The van der Waals surface area contributed by atoms with E-state index in [1.54, 1.807) is 7.05 Å². The molecule has 4 heteroatoms. The lowest BCUT2D eigenvalue weighted by atomic mass is 9.81. The summed E-state index contributed by atoms with van der Waals surface area (Å²) in [6, 6.07) is 0. The average molecular weight is 340 g/mol. The Kier molecular flexibility index (Phi) is 10.1. The van der Waals surface area contributed by atoms with Gasteiger partial charge in [0, 0.05) is 37.1 Å². The summed E-state index contributed by atoms with van der Waals surface area (Å²) >= 11 is 0. The Bertz CT molecular complexity index is 387. The lowest BCUT2D eigenvalue weighted by Crippen LogP contribution is -2.34. The molecule has 0 fully saturated rings. The van der Waals surface area contributed by atoms with Crippen LogP contribution in [0, 0.1) is 10.8 Å². The number of rotatable bonds is 13. The molecular weight excluding hydrogens is 302 g/mol. The summed E-state index contributed by atoms with van der Waals surface area (Å²) in [4.78, 5) is 35.4. The quantitative estimate of drug-likeness (QED) is 0.504. The average Bonchev–Trinajstić information content (AvgIpc) is 2.53. The Hall–Kier alpha value is -1.19. The SMILES string of the molecule is CCC(=O)C(C)(C)CCCCC(=O)CCCCC(C)(C)C(=O)NC. The maximum absolute atomic E-state index is 11.9.